The first kappa shape index (κ1) is 15.9. The van der Waals surface area contributed by atoms with Gasteiger partial charge in [-0.05, 0) is 25.1 Å². The molecule has 1 heterocycles. The number of hydrogen-bond acceptors (Lipinski definition) is 3. The Bertz CT molecular complexity index is 815. The molecule has 1 aliphatic heterocycles. The molecular formula is C18H16FN3O2. The van der Waals surface area contributed by atoms with Crippen LogP contribution in [0.1, 0.15) is 33.9 Å². The van der Waals surface area contributed by atoms with Crippen LogP contribution < -0.4 is 10.6 Å². The number of aliphatic imine (C=N–C) groups is 1. The van der Waals surface area contributed by atoms with Gasteiger partial charge in [-0.25, -0.2) is 9.38 Å². The van der Waals surface area contributed by atoms with E-state index in [2.05, 4.69) is 15.6 Å². The summed E-state index contributed by atoms with van der Waals surface area (Å²) in [5.41, 5.74) is 1.81. The van der Waals surface area contributed by atoms with Crippen LogP contribution in [0, 0.1) is 12.7 Å². The summed E-state index contributed by atoms with van der Waals surface area (Å²) in [7, 11) is 0. The molecule has 24 heavy (non-hydrogen) atoms. The molecule has 2 amide bonds. The molecule has 0 spiro atoms. The second-order valence-electron chi connectivity index (χ2n) is 5.59. The lowest BCUT2D eigenvalue weighted by Gasteiger charge is -2.21. The van der Waals surface area contributed by atoms with Crippen molar-refractivity contribution >= 4 is 17.8 Å². The van der Waals surface area contributed by atoms with Crippen molar-refractivity contribution < 1.29 is 14.0 Å². The summed E-state index contributed by atoms with van der Waals surface area (Å²) < 4.78 is 13.9. The highest BCUT2D eigenvalue weighted by atomic mass is 19.1. The molecular weight excluding hydrogens is 309 g/mol. The van der Waals surface area contributed by atoms with Crippen molar-refractivity contribution in [1.29, 1.82) is 0 Å². The zero-order chi connectivity index (χ0) is 17.1. The second kappa shape index (κ2) is 6.62. The Hall–Kier alpha value is -3.02. The SMILES string of the molecule is Cc1ccc(C(=O)NC2=NC(c3ccccc3F)CC(=O)N2)cc1. The average Bonchev–Trinajstić information content (AvgIpc) is 2.55. The van der Waals surface area contributed by atoms with E-state index in [1.54, 1.807) is 30.3 Å². The lowest BCUT2D eigenvalue weighted by Crippen LogP contribution is -2.47. The van der Waals surface area contributed by atoms with Crippen molar-refractivity contribution in [2.24, 2.45) is 4.99 Å². The van der Waals surface area contributed by atoms with Gasteiger partial charge in [0, 0.05) is 11.1 Å². The standard InChI is InChI=1S/C18H16FN3O2/c1-11-6-8-12(9-7-11)17(24)22-18-20-15(10-16(23)21-18)13-4-2-3-5-14(13)19/h2-9,15H,10H2,1H3,(H2,20,21,22,23,24). The molecule has 0 radical (unpaired) electrons. The maximum atomic E-state index is 13.9. The Balaban J connectivity index is 1.81. The molecule has 2 aromatic carbocycles. The summed E-state index contributed by atoms with van der Waals surface area (Å²) in [6, 6.07) is 12.5. The van der Waals surface area contributed by atoms with Crippen molar-refractivity contribution in [3.63, 3.8) is 0 Å². The highest BCUT2D eigenvalue weighted by molar-refractivity contribution is 6.10. The Morgan fingerprint density at radius 1 is 1.21 bits per heavy atom. The molecule has 0 aromatic heterocycles. The molecule has 1 atom stereocenters. The number of carbonyl (C=O) groups is 2. The zero-order valence-electron chi connectivity index (χ0n) is 13.0. The Morgan fingerprint density at radius 3 is 2.62 bits per heavy atom. The van der Waals surface area contributed by atoms with E-state index in [9.17, 15) is 14.0 Å². The van der Waals surface area contributed by atoms with E-state index in [-0.39, 0.29) is 24.2 Å². The molecule has 0 saturated heterocycles. The molecule has 1 aliphatic rings. The number of aryl methyl sites for hydroxylation is 1. The first-order valence-electron chi connectivity index (χ1n) is 7.53. The van der Waals surface area contributed by atoms with Crippen molar-refractivity contribution in [2.45, 2.75) is 19.4 Å². The van der Waals surface area contributed by atoms with Crippen LogP contribution in [-0.2, 0) is 4.79 Å². The summed E-state index contributed by atoms with van der Waals surface area (Å²) >= 11 is 0. The average molecular weight is 325 g/mol. The third-order valence-corrected chi connectivity index (χ3v) is 3.73. The smallest absolute Gasteiger partial charge is 0.257 e. The number of rotatable bonds is 2. The van der Waals surface area contributed by atoms with Crippen LogP contribution >= 0.6 is 0 Å². The number of hydrogen-bond donors (Lipinski definition) is 2. The third-order valence-electron chi connectivity index (χ3n) is 3.73. The van der Waals surface area contributed by atoms with Gasteiger partial charge < -0.3 is 0 Å². The van der Waals surface area contributed by atoms with Crippen LogP contribution in [0.5, 0.6) is 0 Å². The van der Waals surface area contributed by atoms with Gasteiger partial charge in [-0.15, -0.1) is 0 Å². The fraction of sp³-hybridized carbons (Fsp3) is 0.167. The number of benzene rings is 2. The van der Waals surface area contributed by atoms with E-state index in [0.717, 1.165) is 5.56 Å². The molecule has 122 valence electrons. The first-order valence-corrected chi connectivity index (χ1v) is 7.53. The van der Waals surface area contributed by atoms with Crippen LogP contribution in [0.3, 0.4) is 0 Å². The molecule has 2 N–H and O–H groups in total. The lowest BCUT2D eigenvalue weighted by atomic mass is 10.0. The number of amides is 2. The highest BCUT2D eigenvalue weighted by Crippen LogP contribution is 2.25. The fourth-order valence-electron chi connectivity index (χ4n) is 2.47. The molecule has 0 aliphatic carbocycles. The number of halogens is 1. The monoisotopic (exact) mass is 325 g/mol. The first-order chi connectivity index (χ1) is 11.5. The number of nitrogens with zero attached hydrogens (tertiary/aromatic N) is 1. The Kier molecular flexibility index (Phi) is 4.37. The summed E-state index contributed by atoms with van der Waals surface area (Å²) in [5.74, 6) is -1.10. The van der Waals surface area contributed by atoms with E-state index >= 15 is 0 Å². The van der Waals surface area contributed by atoms with Gasteiger partial charge in [-0.2, -0.15) is 0 Å². The molecule has 2 aromatic rings. The Labute approximate surface area is 138 Å². The van der Waals surface area contributed by atoms with Gasteiger partial charge in [0.05, 0.1) is 12.5 Å². The predicted octanol–water partition coefficient (Wildman–Crippen LogP) is 2.48. The van der Waals surface area contributed by atoms with Gasteiger partial charge in [0.25, 0.3) is 5.91 Å². The largest absolute Gasteiger partial charge is 0.296 e. The fourth-order valence-corrected chi connectivity index (χ4v) is 2.47. The minimum atomic E-state index is -0.659. The van der Waals surface area contributed by atoms with E-state index in [1.165, 1.54) is 6.07 Å². The third kappa shape index (κ3) is 3.48. The quantitative estimate of drug-likeness (QED) is 0.890. The number of nitrogens with one attached hydrogen (secondary N) is 2. The minimum absolute atomic E-state index is 0.0325. The van der Waals surface area contributed by atoms with Gasteiger partial charge in [0.2, 0.25) is 11.9 Å². The van der Waals surface area contributed by atoms with Crippen LogP contribution in [0.2, 0.25) is 0 Å². The van der Waals surface area contributed by atoms with Gasteiger partial charge in [-0.1, -0.05) is 35.9 Å². The van der Waals surface area contributed by atoms with Crippen molar-refractivity contribution in [3.8, 4) is 0 Å². The van der Waals surface area contributed by atoms with E-state index in [1.807, 2.05) is 19.1 Å². The summed E-state index contributed by atoms with van der Waals surface area (Å²) in [6.07, 6.45) is 0.0326. The van der Waals surface area contributed by atoms with Crippen LogP contribution in [0.4, 0.5) is 4.39 Å². The topological polar surface area (TPSA) is 70.6 Å². The molecule has 0 saturated carbocycles. The van der Waals surface area contributed by atoms with Crippen molar-refractivity contribution in [1.82, 2.24) is 10.6 Å². The van der Waals surface area contributed by atoms with Gasteiger partial charge in [0.1, 0.15) is 5.82 Å². The minimum Gasteiger partial charge on any atom is -0.296 e. The van der Waals surface area contributed by atoms with E-state index in [4.69, 9.17) is 0 Å². The summed E-state index contributed by atoms with van der Waals surface area (Å²) in [6.45, 7) is 1.92. The maximum absolute atomic E-state index is 13.9. The van der Waals surface area contributed by atoms with E-state index in [0.29, 0.717) is 11.1 Å². The summed E-state index contributed by atoms with van der Waals surface area (Å²) in [5, 5.41) is 5.07. The lowest BCUT2D eigenvalue weighted by molar-refractivity contribution is -0.120. The number of guanidine groups is 1. The highest BCUT2D eigenvalue weighted by Gasteiger charge is 2.25. The van der Waals surface area contributed by atoms with Gasteiger partial charge >= 0.3 is 0 Å². The second-order valence-corrected chi connectivity index (χ2v) is 5.59. The van der Waals surface area contributed by atoms with Crippen molar-refractivity contribution in [2.75, 3.05) is 0 Å². The number of carbonyl (C=O) groups excluding carboxylic acids is 2. The molecule has 1 unspecified atom stereocenters. The van der Waals surface area contributed by atoms with Gasteiger partial charge in [-0.3, -0.25) is 20.2 Å². The van der Waals surface area contributed by atoms with E-state index < -0.39 is 11.9 Å². The predicted molar refractivity (Wildman–Crippen MR) is 88.0 cm³/mol. The zero-order valence-corrected chi connectivity index (χ0v) is 13.0. The summed E-state index contributed by atoms with van der Waals surface area (Å²) in [4.78, 5) is 28.3. The van der Waals surface area contributed by atoms with Crippen LogP contribution in [-0.4, -0.2) is 17.8 Å². The molecule has 3 rings (SSSR count). The Morgan fingerprint density at radius 2 is 1.92 bits per heavy atom. The van der Waals surface area contributed by atoms with Crippen LogP contribution in [0.25, 0.3) is 0 Å². The normalized spacial score (nSPS) is 17.0. The van der Waals surface area contributed by atoms with Gasteiger partial charge in [0.15, 0.2) is 0 Å². The van der Waals surface area contributed by atoms with Crippen LogP contribution in [0.15, 0.2) is 53.5 Å². The maximum Gasteiger partial charge on any atom is 0.257 e. The van der Waals surface area contributed by atoms with Crippen molar-refractivity contribution in [3.05, 3.63) is 71.0 Å². The molecule has 6 heteroatoms. The molecule has 0 bridgehead atoms. The molecule has 0 fully saturated rings. The molecule has 5 nitrogen and oxygen atoms in total.